The monoisotopic (exact) mass is 353 g/mol. The Kier molecular flexibility index (Phi) is 5.37. The molecule has 0 bridgehead atoms. The summed E-state index contributed by atoms with van der Waals surface area (Å²) in [6, 6.07) is 16.7. The van der Waals surface area contributed by atoms with Crippen LogP contribution in [0.25, 0.3) is 0 Å². The first-order valence-electron chi connectivity index (χ1n) is 8.40. The van der Waals surface area contributed by atoms with Crippen LogP contribution in [-0.4, -0.2) is 5.91 Å². The standard InChI is InChI=1S/C21H20FNO3/c1-14(2)18-5-3-4-6-19(18)23-21(24)20-12-11-17(26-20)13-25-16-9-7-15(22)8-10-16/h3-12,14H,13H2,1-2H3,(H,23,24). The number of amides is 1. The summed E-state index contributed by atoms with van der Waals surface area (Å²) >= 11 is 0. The molecule has 134 valence electrons. The summed E-state index contributed by atoms with van der Waals surface area (Å²) in [4.78, 5) is 12.4. The van der Waals surface area contributed by atoms with E-state index >= 15 is 0 Å². The number of rotatable bonds is 6. The largest absolute Gasteiger partial charge is 0.486 e. The van der Waals surface area contributed by atoms with Crippen LogP contribution in [0.4, 0.5) is 10.1 Å². The Hall–Kier alpha value is -3.08. The molecule has 1 heterocycles. The van der Waals surface area contributed by atoms with E-state index in [1.54, 1.807) is 12.1 Å². The molecule has 0 aliphatic heterocycles. The molecular weight excluding hydrogens is 333 g/mol. The van der Waals surface area contributed by atoms with E-state index in [9.17, 15) is 9.18 Å². The maximum Gasteiger partial charge on any atom is 0.291 e. The minimum absolute atomic E-state index is 0.154. The van der Waals surface area contributed by atoms with Gasteiger partial charge in [-0.1, -0.05) is 32.0 Å². The third-order valence-corrected chi connectivity index (χ3v) is 3.91. The molecule has 0 aliphatic rings. The predicted octanol–water partition coefficient (Wildman–Crippen LogP) is 5.37. The van der Waals surface area contributed by atoms with Gasteiger partial charge in [0.2, 0.25) is 0 Å². The van der Waals surface area contributed by atoms with Crippen LogP contribution < -0.4 is 10.1 Å². The van der Waals surface area contributed by atoms with Crippen LogP contribution in [0.15, 0.2) is 65.1 Å². The summed E-state index contributed by atoms with van der Waals surface area (Å²) in [5.74, 6) is 0.905. The zero-order chi connectivity index (χ0) is 18.5. The van der Waals surface area contributed by atoms with Crippen molar-refractivity contribution in [3.63, 3.8) is 0 Å². The molecule has 1 N–H and O–H groups in total. The number of ether oxygens (including phenoxy) is 1. The number of furan rings is 1. The molecule has 5 heteroatoms. The van der Waals surface area contributed by atoms with Crippen LogP contribution in [0.2, 0.25) is 0 Å². The average Bonchev–Trinajstić information content (AvgIpc) is 3.11. The normalized spacial score (nSPS) is 10.8. The summed E-state index contributed by atoms with van der Waals surface area (Å²) < 4.78 is 23.9. The van der Waals surface area contributed by atoms with E-state index in [0.717, 1.165) is 11.3 Å². The van der Waals surface area contributed by atoms with E-state index in [1.807, 2.05) is 24.3 Å². The Morgan fingerprint density at radius 3 is 2.54 bits per heavy atom. The number of hydrogen-bond donors (Lipinski definition) is 1. The van der Waals surface area contributed by atoms with Gasteiger partial charge in [-0.3, -0.25) is 4.79 Å². The molecule has 0 spiro atoms. The lowest BCUT2D eigenvalue weighted by molar-refractivity contribution is 0.0992. The van der Waals surface area contributed by atoms with Crippen molar-refractivity contribution in [2.45, 2.75) is 26.4 Å². The van der Waals surface area contributed by atoms with Gasteiger partial charge in [0, 0.05) is 5.69 Å². The van der Waals surface area contributed by atoms with Crippen molar-refractivity contribution >= 4 is 11.6 Å². The molecule has 0 fully saturated rings. The van der Waals surface area contributed by atoms with Crippen LogP contribution in [-0.2, 0) is 6.61 Å². The van der Waals surface area contributed by atoms with E-state index in [0.29, 0.717) is 17.4 Å². The highest BCUT2D eigenvalue weighted by molar-refractivity contribution is 6.02. The van der Waals surface area contributed by atoms with Gasteiger partial charge in [0.25, 0.3) is 5.91 Å². The van der Waals surface area contributed by atoms with Gasteiger partial charge in [0.15, 0.2) is 5.76 Å². The Morgan fingerprint density at radius 2 is 1.81 bits per heavy atom. The quantitative estimate of drug-likeness (QED) is 0.648. The van der Waals surface area contributed by atoms with Crippen molar-refractivity contribution < 1.29 is 18.3 Å². The highest BCUT2D eigenvalue weighted by atomic mass is 19.1. The molecule has 3 rings (SSSR count). The number of halogens is 1. The zero-order valence-electron chi connectivity index (χ0n) is 14.7. The molecule has 0 saturated heterocycles. The van der Waals surface area contributed by atoms with Gasteiger partial charge < -0.3 is 14.5 Å². The van der Waals surface area contributed by atoms with Crippen molar-refractivity contribution in [2.75, 3.05) is 5.32 Å². The van der Waals surface area contributed by atoms with Crippen molar-refractivity contribution in [1.29, 1.82) is 0 Å². The molecule has 0 radical (unpaired) electrons. The molecule has 26 heavy (non-hydrogen) atoms. The molecule has 0 aliphatic carbocycles. The molecule has 0 unspecified atom stereocenters. The lowest BCUT2D eigenvalue weighted by Gasteiger charge is -2.12. The second-order valence-corrected chi connectivity index (χ2v) is 6.20. The predicted molar refractivity (Wildman–Crippen MR) is 97.9 cm³/mol. The van der Waals surface area contributed by atoms with Crippen LogP contribution in [0.3, 0.4) is 0 Å². The first kappa shape index (κ1) is 17.7. The van der Waals surface area contributed by atoms with Crippen molar-refractivity contribution in [1.82, 2.24) is 0 Å². The third-order valence-electron chi connectivity index (χ3n) is 3.91. The maximum atomic E-state index is 12.9. The van der Waals surface area contributed by atoms with Crippen LogP contribution in [0.5, 0.6) is 5.75 Å². The minimum atomic E-state index is -0.323. The maximum absolute atomic E-state index is 12.9. The molecule has 0 atom stereocenters. The van der Waals surface area contributed by atoms with E-state index < -0.39 is 0 Å². The van der Waals surface area contributed by atoms with Crippen molar-refractivity contribution in [2.24, 2.45) is 0 Å². The van der Waals surface area contributed by atoms with E-state index in [1.165, 1.54) is 24.3 Å². The summed E-state index contributed by atoms with van der Waals surface area (Å²) in [5.41, 5.74) is 1.83. The smallest absolute Gasteiger partial charge is 0.291 e. The minimum Gasteiger partial charge on any atom is -0.486 e. The van der Waals surface area contributed by atoms with Crippen LogP contribution in [0.1, 0.15) is 41.6 Å². The number of anilines is 1. The molecule has 1 aromatic heterocycles. The third kappa shape index (κ3) is 4.30. The van der Waals surface area contributed by atoms with Crippen LogP contribution >= 0.6 is 0 Å². The molecule has 1 amide bonds. The highest BCUT2D eigenvalue weighted by Crippen LogP contribution is 2.24. The Balaban J connectivity index is 1.64. The second-order valence-electron chi connectivity index (χ2n) is 6.20. The van der Waals surface area contributed by atoms with Gasteiger partial charge in [0.05, 0.1) is 0 Å². The number of para-hydroxylation sites is 1. The van der Waals surface area contributed by atoms with Gasteiger partial charge in [-0.05, 0) is 53.9 Å². The summed E-state index contributed by atoms with van der Waals surface area (Å²) in [5, 5.41) is 2.89. The number of benzene rings is 2. The number of carbonyl (C=O) groups is 1. The average molecular weight is 353 g/mol. The first-order valence-corrected chi connectivity index (χ1v) is 8.40. The van der Waals surface area contributed by atoms with Crippen LogP contribution in [0, 0.1) is 5.82 Å². The lowest BCUT2D eigenvalue weighted by atomic mass is 10.0. The van der Waals surface area contributed by atoms with Gasteiger partial charge >= 0.3 is 0 Å². The Bertz CT molecular complexity index is 884. The molecule has 0 saturated carbocycles. The summed E-state index contributed by atoms with van der Waals surface area (Å²) in [7, 11) is 0. The highest BCUT2D eigenvalue weighted by Gasteiger charge is 2.14. The van der Waals surface area contributed by atoms with Gasteiger partial charge in [-0.25, -0.2) is 4.39 Å². The molecule has 3 aromatic rings. The van der Waals surface area contributed by atoms with Gasteiger partial charge in [-0.15, -0.1) is 0 Å². The van der Waals surface area contributed by atoms with Crippen molar-refractivity contribution in [3.05, 3.63) is 83.6 Å². The summed E-state index contributed by atoms with van der Waals surface area (Å²) in [6.07, 6.45) is 0. The topological polar surface area (TPSA) is 51.5 Å². The Morgan fingerprint density at radius 1 is 1.08 bits per heavy atom. The SMILES string of the molecule is CC(C)c1ccccc1NC(=O)c1ccc(COc2ccc(F)cc2)o1. The number of nitrogens with one attached hydrogen (secondary N) is 1. The number of carbonyl (C=O) groups excluding carboxylic acids is 1. The zero-order valence-corrected chi connectivity index (χ0v) is 14.7. The second kappa shape index (κ2) is 7.87. The van der Waals surface area contributed by atoms with E-state index in [-0.39, 0.29) is 24.1 Å². The number of hydrogen-bond acceptors (Lipinski definition) is 3. The fraction of sp³-hybridized carbons (Fsp3) is 0.190. The first-order chi connectivity index (χ1) is 12.5. The van der Waals surface area contributed by atoms with E-state index in [2.05, 4.69) is 19.2 Å². The molecule has 4 nitrogen and oxygen atoms in total. The fourth-order valence-corrected chi connectivity index (χ4v) is 2.56. The van der Waals surface area contributed by atoms with Gasteiger partial charge in [-0.2, -0.15) is 0 Å². The van der Waals surface area contributed by atoms with Crippen molar-refractivity contribution in [3.8, 4) is 5.75 Å². The lowest BCUT2D eigenvalue weighted by Crippen LogP contribution is -2.12. The molecule has 2 aromatic carbocycles. The Labute approximate surface area is 151 Å². The van der Waals surface area contributed by atoms with E-state index in [4.69, 9.17) is 9.15 Å². The fourth-order valence-electron chi connectivity index (χ4n) is 2.56. The van der Waals surface area contributed by atoms with Gasteiger partial charge in [0.1, 0.15) is 23.9 Å². The summed E-state index contributed by atoms with van der Waals surface area (Å²) in [6.45, 7) is 4.30. The molecular formula is C21H20FNO3.